The lowest BCUT2D eigenvalue weighted by Gasteiger charge is -2.37. The van der Waals surface area contributed by atoms with Gasteiger partial charge in [0.15, 0.2) is 0 Å². The molecule has 0 amide bonds. The second kappa shape index (κ2) is 3.74. The number of hydrogen-bond donors (Lipinski definition) is 1. The van der Waals surface area contributed by atoms with Gasteiger partial charge in [0.2, 0.25) is 0 Å². The average molecular weight is 295 g/mol. The molecule has 0 bridgehead atoms. The predicted molar refractivity (Wildman–Crippen MR) is 56.9 cm³/mol. The third kappa shape index (κ3) is 1.98. The highest BCUT2D eigenvalue weighted by Gasteiger charge is 2.39. The van der Waals surface area contributed by atoms with Gasteiger partial charge in [-0.25, -0.2) is 0 Å². The molecule has 1 aliphatic carbocycles. The van der Waals surface area contributed by atoms with Crippen molar-refractivity contribution >= 4 is 15.9 Å². The van der Waals surface area contributed by atoms with Crippen molar-refractivity contribution in [2.75, 3.05) is 0 Å². The van der Waals surface area contributed by atoms with Crippen LogP contribution < -0.4 is 0 Å². The maximum absolute atomic E-state index is 12.4. The molecule has 1 aromatic carbocycles. The molecule has 0 aromatic heterocycles. The lowest BCUT2D eigenvalue weighted by atomic mass is 9.75. The molecule has 0 radical (unpaired) electrons. The number of aliphatic hydroxyl groups is 1. The van der Waals surface area contributed by atoms with E-state index in [1.54, 1.807) is 0 Å². The highest BCUT2D eigenvalue weighted by molar-refractivity contribution is 9.10. The zero-order valence-electron chi connectivity index (χ0n) is 8.31. The third-order valence-corrected chi connectivity index (χ3v) is 3.63. The number of alkyl halides is 3. The molecular weight excluding hydrogens is 285 g/mol. The second-order valence-electron chi connectivity index (χ2n) is 4.08. The first-order valence-electron chi connectivity index (χ1n) is 4.92. The van der Waals surface area contributed by atoms with Gasteiger partial charge in [-0.05, 0) is 37.0 Å². The van der Waals surface area contributed by atoms with Gasteiger partial charge in [-0.15, -0.1) is 0 Å². The van der Waals surface area contributed by atoms with E-state index in [0.29, 0.717) is 22.9 Å². The fourth-order valence-electron chi connectivity index (χ4n) is 1.85. The van der Waals surface area contributed by atoms with Crippen molar-refractivity contribution in [3.8, 4) is 0 Å². The molecule has 1 aliphatic rings. The van der Waals surface area contributed by atoms with E-state index in [2.05, 4.69) is 15.9 Å². The van der Waals surface area contributed by atoms with Crippen LogP contribution in [0, 0.1) is 0 Å². The summed E-state index contributed by atoms with van der Waals surface area (Å²) >= 11 is 3.09. The molecule has 1 N–H and O–H groups in total. The summed E-state index contributed by atoms with van der Waals surface area (Å²) < 4.78 is 37.5. The van der Waals surface area contributed by atoms with Crippen LogP contribution in [0.4, 0.5) is 13.2 Å². The normalized spacial score (nSPS) is 19.3. The van der Waals surface area contributed by atoms with Crippen molar-refractivity contribution in [1.29, 1.82) is 0 Å². The molecule has 2 rings (SSSR count). The lowest BCUT2D eigenvalue weighted by molar-refractivity contribution is -0.137. The Morgan fingerprint density at radius 3 is 2.25 bits per heavy atom. The van der Waals surface area contributed by atoms with Crippen LogP contribution in [0.5, 0.6) is 0 Å². The van der Waals surface area contributed by atoms with Crippen LogP contribution in [0.2, 0.25) is 0 Å². The zero-order valence-corrected chi connectivity index (χ0v) is 9.90. The molecule has 0 unspecified atom stereocenters. The Kier molecular flexibility index (Phi) is 2.78. The largest absolute Gasteiger partial charge is 0.416 e. The van der Waals surface area contributed by atoms with Crippen LogP contribution in [0.15, 0.2) is 22.7 Å². The molecule has 1 saturated carbocycles. The smallest absolute Gasteiger partial charge is 0.385 e. The van der Waals surface area contributed by atoms with E-state index >= 15 is 0 Å². The Hall–Kier alpha value is -0.550. The highest BCUT2D eigenvalue weighted by Crippen LogP contribution is 2.45. The summed E-state index contributed by atoms with van der Waals surface area (Å²) in [7, 11) is 0. The van der Waals surface area contributed by atoms with Crippen LogP contribution in [-0.4, -0.2) is 5.11 Å². The number of hydrogen-bond acceptors (Lipinski definition) is 1. The topological polar surface area (TPSA) is 20.2 Å². The van der Waals surface area contributed by atoms with Gasteiger partial charge >= 0.3 is 6.18 Å². The fourth-order valence-corrected chi connectivity index (χ4v) is 2.60. The van der Waals surface area contributed by atoms with Gasteiger partial charge in [-0.2, -0.15) is 13.2 Å². The van der Waals surface area contributed by atoms with Crippen LogP contribution in [0.3, 0.4) is 0 Å². The number of halogens is 4. The average Bonchev–Trinajstić information content (AvgIpc) is 2.12. The second-order valence-corrected chi connectivity index (χ2v) is 4.93. The predicted octanol–water partition coefficient (Wildman–Crippen LogP) is 3.84. The minimum Gasteiger partial charge on any atom is -0.385 e. The van der Waals surface area contributed by atoms with Gasteiger partial charge in [-0.1, -0.05) is 22.0 Å². The van der Waals surface area contributed by atoms with E-state index in [-0.39, 0.29) is 0 Å². The van der Waals surface area contributed by atoms with E-state index in [4.69, 9.17) is 0 Å². The molecule has 0 saturated heterocycles. The van der Waals surface area contributed by atoms with Crippen LogP contribution in [0.1, 0.15) is 30.4 Å². The first-order valence-corrected chi connectivity index (χ1v) is 5.72. The summed E-state index contributed by atoms with van der Waals surface area (Å²) in [6, 6.07) is 3.38. The number of rotatable bonds is 1. The van der Waals surface area contributed by atoms with Crippen molar-refractivity contribution in [2.24, 2.45) is 0 Å². The summed E-state index contributed by atoms with van der Waals surface area (Å²) in [5, 5.41) is 10.0. The molecular formula is C11H10BrF3O. The Balaban J connectivity index is 2.37. The monoisotopic (exact) mass is 294 g/mol. The zero-order chi connectivity index (χ0) is 12.0. The van der Waals surface area contributed by atoms with Gasteiger partial charge in [0.05, 0.1) is 11.2 Å². The van der Waals surface area contributed by atoms with Crippen molar-refractivity contribution in [2.45, 2.75) is 31.0 Å². The molecule has 88 valence electrons. The Bertz CT molecular complexity index is 410. The minimum absolute atomic E-state index is 0.324. The molecule has 0 aliphatic heterocycles. The van der Waals surface area contributed by atoms with Crippen molar-refractivity contribution in [3.05, 3.63) is 33.8 Å². The SMILES string of the molecule is OC1(c2ccc(C(F)(F)F)cc2Br)CCC1. The maximum Gasteiger partial charge on any atom is 0.416 e. The standard InChI is InChI=1S/C11H10BrF3O/c12-9-6-7(11(13,14)15)2-3-8(9)10(16)4-1-5-10/h2-3,6,16H,1,4-5H2. The van der Waals surface area contributed by atoms with Crippen LogP contribution >= 0.6 is 15.9 Å². The highest BCUT2D eigenvalue weighted by atomic mass is 79.9. The first-order chi connectivity index (χ1) is 7.33. The van der Waals surface area contributed by atoms with Crippen LogP contribution in [-0.2, 0) is 11.8 Å². The van der Waals surface area contributed by atoms with E-state index in [0.717, 1.165) is 18.6 Å². The summed E-state index contributed by atoms with van der Waals surface area (Å²) in [6.07, 6.45) is -2.22. The molecule has 1 fully saturated rings. The lowest BCUT2D eigenvalue weighted by Crippen LogP contribution is -2.34. The minimum atomic E-state index is -4.34. The summed E-state index contributed by atoms with van der Waals surface area (Å²) in [5.41, 5.74) is -1.10. The van der Waals surface area contributed by atoms with E-state index in [9.17, 15) is 18.3 Å². The quantitative estimate of drug-likeness (QED) is 0.834. The van der Waals surface area contributed by atoms with Gasteiger partial charge in [0, 0.05) is 4.47 Å². The Morgan fingerprint density at radius 1 is 1.25 bits per heavy atom. The summed E-state index contributed by atoms with van der Waals surface area (Å²) in [5.74, 6) is 0. The molecule has 16 heavy (non-hydrogen) atoms. The summed E-state index contributed by atoms with van der Waals surface area (Å²) in [4.78, 5) is 0. The molecule has 0 atom stereocenters. The molecule has 0 heterocycles. The molecule has 0 spiro atoms. The summed E-state index contributed by atoms with van der Waals surface area (Å²) in [6.45, 7) is 0. The maximum atomic E-state index is 12.4. The van der Waals surface area contributed by atoms with E-state index < -0.39 is 17.3 Å². The van der Waals surface area contributed by atoms with E-state index in [1.807, 2.05) is 0 Å². The number of benzene rings is 1. The Labute approximate surface area is 99.4 Å². The van der Waals surface area contributed by atoms with E-state index in [1.165, 1.54) is 6.07 Å². The van der Waals surface area contributed by atoms with Gasteiger partial charge in [0.25, 0.3) is 0 Å². The van der Waals surface area contributed by atoms with Crippen molar-refractivity contribution < 1.29 is 18.3 Å². The molecule has 1 nitrogen and oxygen atoms in total. The van der Waals surface area contributed by atoms with Gasteiger partial charge < -0.3 is 5.11 Å². The van der Waals surface area contributed by atoms with Crippen molar-refractivity contribution in [1.82, 2.24) is 0 Å². The van der Waals surface area contributed by atoms with Crippen molar-refractivity contribution in [3.63, 3.8) is 0 Å². The Morgan fingerprint density at radius 2 is 1.88 bits per heavy atom. The molecule has 1 aromatic rings. The van der Waals surface area contributed by atoms with Crippen LogP contribution in [0.25, 0.3) is 0 Å². The fraction of sp³-hybridized carbons (Fsp3) is 0.455. The third-order valence-electron chi connectivity index (χ3n) is 2.98. The first kappa shape index (κ1) is 11.9. The molecule has 5 heteroatoms. The van der Waals surface area contributed by atoms with Gasteiger partial charge in [0.1, 0.15) is 0 Å². The van der Waals surface area contributed by atoms with Gasteiger partial charge in [-0.3, -0.25) is 0 Å².